The maximum atomic E-state index is 13.4. The number of carbonyl (C=O) groups is 2. The van der Waals surface area contributed by atoms with Gasteiger partial charge < -0.3 is 10.2 Å². The number of hydrogen-bond acceptors (Lipinski definition) is 3. The lowest BCUT2D eigenvalue weighted by Gasteiger charge is -2.40. The Bertz CT molecular complexity index is 1110. The van der Waals surface area contributed by atoms with E-state index in [0.29, 0.717) is 18.8 Å². The zero-order valence-corrected chi connectivity index (χ0v) is 19.8. The van der Waals surface area contributed by atoms with Crippen LogP contribution in [0.2, 0.25) is 0 Å². The SMILES string of the molecule is CC(=O)N/C(=C/c1ccccc1C)C(=O)N1CCN(C(c2ccccc2)c2ccccc2)CC1. The maximum Gasteiger partial charge on any atom is 0.270 e. The summed E-state index contributed by atoms with van der Waals surface area (Å²) in [6.45, 7) is 6.12. The zero-order valence-electron chi connectivity index (χ0n) is 19.8. The minimum Gasteiger partial charge on any atom is -0.335 e. The fourth-order valence-electron chi connectivity index (χ4n) is 4.48. The van der Waals surface area contributed by atoms with Gasteiger partial charge in [0.25, 0.3) is 5.91 Å². The van der Waals surface area contributed by atoms with Crippen LogP contribution < -0.4 is 5.32 Å². The monoisotopic (exact) mass is 453 g/mol. The number of hydrogen-bond donors (Lipinski definition) is 1. The highest BCUT2D eigenvalue weighted by molar-refractivity contribution is 6.01. The van der Waals surface area contributed by atoms with Crippen LogP contribution in [-0.4, -0.2) is 47.8 Å². The Morgan fingerprint density at radius 2 is 1.32 bits per heavy atom. The second-order valence-corrected chi connectivity index (χ2v) is 8.65. The predicted octanol–water partition coefficient (Wildman–Crippen LogP) is 4.41. The number of amides is 2. The molecule has 4 rings (SSSR count). The summed E-state index contributed by atoms with van der Waals surface area (Å²) >= 11 is 0. The van der Waals surface area contributed by atoms with Crippen molar-refractivity contribution in [1.82, 2.24) is 15.1 Å². The van der Waals surface area contributed by atoms with Crippen LogP contribution >= 0.6 is 0 Å². The summed E-state index contributed by atoms with van der Waals surface area (Å²) < 4.78 is 0. The molecule has 3 aromatic rings. The van der Waals surface area contributed by atoms with Crippen molar-refractivity contribution in [2.45, 2.75) is 19.9 Å². The van der Waals surface area contributed by atoms with Crippen molar-refractivity contribution in [3.8, 4) is 0 Å². The first-order valence-electron chi connectivity index (χ1n) is 11.7. The molecule has 0 unspecified atom stereocenters. The largest absolute Gasteiger partial charge is 0.335 e. The summed E-state index contributed by atoms with van der Waals surface area (Å²) in [6.07, 6.45) is 1.78. The third kappa shape index (κ3) is 5.61. The summed E-state index contributed by atoms with van der Waals surface area (Å²) in [4.78, 5) is 29.5. The van der Waals surface area contributed by atoms with Gasteiger partial charge >= 0.3 is 0 Å². The molecule has 3 aromatic carbocycles. The summed E-state index contributed by atoms with van der Waals surface area (Å²) in [7, 11) is 0. The van der Waals surface area contributed by atoms with E-state index in [2.05, 4.69) is 58.7 Å². The molecule has 5 nitrogen and oxygen atoms in total. The average Bonchev–Trinajstić information content (AvgIpc) is 2.86. The molecule has 0 saturated carbocycles. The van der Waals surface area contributed by atoms with Gasteiger partial charge in [0, 0.05) is 33.1 Å². The number of piperazine rings is 1. The molecule has 0 radical (unpaired) electrons. The molecule has 1 N–H and O–H groups in total. The lowest BCUT2D eigenvalue weighted by molar-refractivity contribution is -0.131. The van der Waals surface area contributed by atoms with E-state index in [1.807, 2.05) is 48.2 Å². The molecule has 0 spiro atoms. The van der Waals surface area contributed by atoms with Crippen molar-refractivity contribution in [1.29, 1.82) is 0 Å². The number of rotatable bonds is 6. The Morgan fingerprint density at radius 3 is 1.85 bits per heavy atom. The zero-order chi connectivity index (χ0) is 23.9. The molecule has 1 heterocycles. The van der Waals surface area contributed by atoms with E-state index >= 15 is 0 Å². The van der Waals surface area contributed by atoms with E-state index in [4.69, 9.17) is 0 Å². The van der Waals surface area contributed by atoms with Crippen molar-refractivity contribution in [2.24, 2.45) is 0 Å². The van der Waals surface area contributed by atoms with E-state index < -0.39 is 0 Å². The second-order valence-electron chi connectivity index (χ2n) is 8.65. The van der Waals surface area contributed by atoms with E-state index in [1.54, 1.807) is 6.08 Å². The van der Waals surface area contributed by atoms with Crippen LogP contribution in [-0.2, 0) is 9.59 Å². The van der Waals surface area contributed by atoms with E-state index in [0.717, 1.165) is 24.2 Å². The van der Waals surface area contributed by atoms with Crippen LogP contribution in [0.15, 0.2) is 90.6 Å². The minimum atomic E-state index is -0.250. The van der Waals surface area contributed by atoms with Crippen LogP contribution in [0, 0.1) is 6.92 Å². The summed E-state index contributed by atoms with van der Waals surface area (Å²) in [5.41, 5.74) is 4.78. The minimum absolute atomic E-state index is 0.136. The molecule has 0 aromatic heterocycles. The maximum absolute atomic E-state index is 13.4. The van der Waals surface area contributed by atoms with Gasteiger partial charge in [-0.25, -0.2) is 0 Å². The molecule has 1 aliphatic rings. The molecule has 174 valence electrons. The van der Waals surface area contributed by atoms with Crippen molar-refractivity contribution >= 4 is 17.9 Å². The first-order valence-corrected chi connectivity index (χ1v) is 11.7. The number of nitrogens with one attached hydrogen (secondary N) is 1. The molecule has 2 amide bonds. The highest BCUT2D eigenvalue weighted by Gasteiger charge is 2.29. The molecule has 0 aliphatic carbocycles. The Morgan fingerprint density at radius 1 is 0.794 bits per heavy atom. The molecule has 5 heteroatoms. The Balaban J connectivity index is 1.52. The standard InChI is InChI=1S/C29H31N3O2/c1-22-11-9-10-16-26(22)21-27(30-23(2)33)29(34)32-19-17-31(18-20-32)28(24-12-5-3-6-13-24)25-14-7-4-8-15-25/h3-16,21,28H,17-20H2,1-2H3,(H,30,33)/b27-21+. The third-order valence-electron chi connectivity index (χ3n) is 6.23. The first-order chi connectivity index (χ1) is 16.5. The Kier molecular flexibility index (Phi) is 7.55. The van der Waals surface area contributed by atoms with E-state index in [-0.39, 0.29) is 17.9 Å². The van der Waals surface area contributed by atoms with Gasteiger partial charge in [0.15, 0.2) is 0 Å². The van der Waals surface area contributed by atoms with Crippen LogP contribution in [0.1, 0.15) is 35.2 Å². The van der Waals surface area contributed by atoms with Crippen LogP contribution in [0.4, 0.5) is 0 Å². The van der Waals surface area contributed by atoms with Crippen molar-refractivity contribution in [2.75, 3.05) is 26.2 Å². The molecule has 34 heavy (non-hydrogen) atoms. The van der Waals surface area contributed by atoms with Gasteiger partial charge in [0.1, 0.15) is 5.70 Å². The van der Waals surface area contributed by atoms with Gasteiger partial charge in [-0.05, 0) is 35.3 Å². The average molecular weight is 454 g/mol. The third-order valence-corrected chi connectivity index (χ3v) is 6.23. The Labute approximate surface area is 201 Å². The van der Waals surface area contributed by atoms with Gasteiger partial charge in [-0.2, -0.15) is 0 Å². The predicted molar refractivity (Wildman–Crippen MR) is 136 cm³/mol. The molecule has 0 bridgehead atoms. The number of carbonyl (C=O) groups excluding carboxylic acids is 2. The van der Waals surface area contributed by atoms with Crippen molar-refractivity contribution < 1.29 is 9.59 Å². The molecule has 1 aliphatic heterocycles. The Hall–Kier alpha value is -3.70. The van der Waals surface area contributed by atoms with Crippen molar-refractivity contribution in [3.63, 3.8) is 0 Å². The highest BCUT2D eigenvalue weighted by Crippen LogP contribution is 2.29. The topological polar surface area (TPSA) is 52.7 Å². The van der Waals surface area contributed by atoms with Gasteiger partial charge in [-0.15, -0.1) is 0 Å². The smallest absolute Gasteiger partial charge is 0.270 e. The summed E-state index contributed by atoms with van der Waals surface area (Å²) in [5.74, 6) is -0.394. The normalized spacial score (nSPS) is 14.8. The van der Waals surface area contributed by atoms with Gasteiger partial charge in [-0.3, -0.25) is 14.5 Å². The van der Waals surface area contributed by atoms with E-state index in [9.17, 15) is 9.59 Å². The fraction of sp³-hybridized carbons (Fsp3) is 0.241. The van der Waals surface area contributed by atoms with E-state index in [1.165, 1.54) is 18.1 Å². The highest BCUT2D eigenvalue weighted by atomic mass is 16.2. The summed E-state index contributed by atoms with van der Waals surface area (Å²) in [6, 6.07) is 29.0. The molecule has 1 fully saturated rings. The van der Waals surface area contributed by atoms with Crippen LogP contribution in [0.25, 0.3) is 6.08 Å². The number of nitrogens with zero attached hydrogens (tertiary/aromatic N) is 2. The molecular formula is C29H31N3O2. The van der Waals surface area contributed by atoms with Crippen LogP contribution in [0.5, 0.6) is 0 Å². The molecular weight excluding hydrogens is 422 g/mol. The van der Waals surface area contributed by atoms with Gasteiger partial charge in [0.05, 0.1) is 6.04 Å². The fourth-order valence-corrected chi connectivity index (χ4v) is 4.48. The molecule has 1 saturated heterocycles. The second kappa shape index (κ2) is 10.9. The lowest BCUT2D eigenvalue weighted by atomic mass is 9.96. The summed E-state index contributed by atoms with van der Waals surface area (Å²) in [5, 5.41) is 2.76. The molecule has 0 atom stereocenters. The van der Waals surface area contributed by atoms with Crippen molar-refractivity contribution in [3.05, 3.63) is 113 Å². The number of benzene rings is 3. The first kappa shape index (κ1) is 23.5. The van der Waals surface area contributed by atoms with Gasteiger partial charge in [0.2, 0.25) is 5.91 Å². The van der Waals surface area contributed by atoms with Gasteiger partial charge in [-0.1, -0.05) is 84.9 Å². The quantitative estimate of drug-likeness (QED) is 0.563. The lowest BCUT2D eigenvalue weighted by Crippen LogP contribution is -2.51. The number of aryl methyl sites for hydroxylation is 1. The van der Waals surface area contributed by atoms with Crippen LogP contribution in [0.3, 0.4) is 0 Å².